The molecule has 9 heteroatoms. The maximum Gasteiger partial charge on any atom is 0.408 e. The van der Waals surface area contributed by atoms with Crippen molar-refractivity contribution in [2.24, 2.45) is 0 Å². The smallest absolute Gasteiger partial charge is 0.408 e. The Bertz CT molecular complexity index is 775. The number of hydrogen-bond donors (Lipinski definition) is 4. The van der Waals surface area contributed by atoms with Gasteiger partial charge in [0, 0.05) is 12.6 Å². The average Bonchev–Trinajstić information content (AvgIpc) is 2.68. The minimum atomic E-state index is -1.31. The number of unbranched alkanes of at least 4 members (excludes halogenated alkanes) is 1. The predicted molar refractivity (Wildman–Crippen MR) is 121 cm³/mol. The Morgan fingerprint density at radius 2 is 1.84 bits per heavy atom. The molecule has 32 heavy (non-hydrogen) atoms. The van der Waals surface area contributed by atoms with Crippen LogP contribution in [-0.4, -0.2) is 63.9 Å². The molecule has 0 aliphatic carbocycles. The number of phenolic OH excluding ortho intramolecular Hbond substituents is 1. The Morgan fingerprint density at radius 1 is 1.19 bits per heavy atom. The third-order valence-electron chi connectivity index (χ3n) is 4.52. The van der Waals surface area contributed by atoms with Gasteiger partial charge in [-0.2, -0.15) is 0 Å². The lowest BCUT2D eigenvalue weighted by Crippen LogP contribution is -2.56. The number of aliphatic hydroxyl groups is 1. The van der Waals surface area contributed by atoms with E-state index in [1.807, 2.05) is 6.92 Å². The Morgan fingerprint density at radius 3 is 2.34 bits per heavy atom. The molecule has 9 nitrogen and oxygen atoms in total. The maximum absolute atomic E-state index is 13.4. The predicted octanol–water partition coefficient (Wildman–Crippen LogP) is 2.47. The summed E-state index contributed by atoms with van der Waals surface area (Å²) in [6.07, 6.45) is 0.805. The second kappa shape index (κ2) is 12.3. The lowest BCUT2D eigenvalue weighted by Gasteiger charge is -2.36. The number of phenols is 1. The highest BCUT2D eigenvalue weighted by Gasteiger charge is 2.37. The van der Waals surface area contributed by atoms with Crippen molar-refractivity contribution in [2.45, 2.75) is 78.1 Å². The van der Waals surface area contributed by atoms with Crippen LogP contribution in [0.2, 0.25) is 0 Å². The molecular weight excluding hydrogens is 414 g/mol. The van der Waals surface area contributed by atoms with Crippen LogP contribution in [0.4, 0.5) is 4.79 Å². The van der Waals surface area contributed by atoms with Crippen LogP contribution in [0.3, 0.4) is 0 Å². The zero-order valence-corrected chi connectivity index (χ0v) is 19.8. The van der Waals surface area contributed by atoms with Gasteiger partial charge in [-0.1, -0.05) is 25.5 Å². The van der Waals surface area contributed by atoms with Crippen LogP contribution in [0.1, 0.15) is 66.0 Å². The summed E-state index contributed by atoms with van der Waals surface area (Å²) in [5.41, 5.74) is -0.372. The van der Waals surface area contributed by atoms with E-state index in [0.717, 1.165) is 12.8 Å². The third-order valence-corrected chi connectivity index (χ3v) is 4.52. The Balaban J connectivity index is 3.29. The van der Waals surface area contributed by atoms with Gasteiger partial charge in [0.05, 0.1) is 6.61 Å². The lowest BCUT2D eigenvalue weighted by atomic mass is 10.0. The second-order valence-electron chi connectivity index (χ2n) is 8.86. The highest BCUT2D eigenvalue weighted by atomic mass is 16.6. The number of alkyl carbamates (subject to hydrolysis) is 1. The second-order valence-corrected chi connectivity index (χ2v) is 8.86. The van der Waals surface area contributed by atoms with Crippen molar-refractivity contribution in [3.8, 4) is 5.75 Å². The van der Waals surface area contributed by atoms with Crippen molar-refractivity contribution >= 4 is 17.9 Å². The van der Waals surface area contributed by atoms with Crippen molar-refractivity contribution in [3.05, 3.63) is 29.8 Å². The molecule has 0 aromatic heterocycles. The highest BCUT2D eigenvalue weighted by Crippen LogP contribution is 2.27. The number of ether oxygens (including phenoxy) is 1. The van der Waals surface area contributed by atoms with Gasteiger partial charge in [0.1, 0.15) is 23.4 Å². The molecule has 0 aliphatic heterocycles. The zero-order chi connectivity index (χ0) is 24.5. The summed E-state index contributed by atoms with van der Waals surface area (Å²) in [7, 11) is 0. The first-order valence-corrected chi connectivity index (χ1v) is 10.9. The summed E-state index contributed by atoms with van der Waals surface area (Å²) < 4.78 is 5.19. The highest BCUT2D eigenvalue weighted by molar-refractivity contribution is 5.92. The molecule has 4 N–H and O–H groups in total. The van der Waals surface area contributed by atoms with Gasteiger partial charge in [-0.3, -0.25) is 9.59 Å². The van der Waals surface area contributed by atoms with Crippen LogP contribution >= 0.6 is 0 Å². The number of aromatic hydroxyl groups is 1. The molecule has 0 radical (unpaired) electrons. The number of nitrogens with one attached hydrogen (secondary N) is 2. The Hall–Kier alpha value is -2.81. The number of rotatable bonds is 10. The van der Waals surface area contributed by atoms with Crippen LogP contribution in [0, 0.1) is 0 Å². The summed E-state index contributed by atoms with van der Waals surface area (Å²) in [5, 5.41) is 25.0. The molecule has 0 saturated heterocycles. The average molecular weight is 452 g/mol. The molecule has 0 bridgehead atoms. The minimum Gasteiger partial charge on any atom is -0.508 e. The summed E-state index contributed by atoms with van der Waals surface area (Å²) >= 11 is 0. The summed E-state index contributed by atoms with van der Waals surface area (Å²) in [6.45, 7) is 10.3. The van der Waals surface area contributed by atoms with Gasteiger partial charge in [-0.15, -0.1) is 0 Å². The number of carbonyl (C=O) groups is 3. The molecule has 0 saturated carbocycles. The topological polar surface area (TPSA) is 128 Å². The fourth-order valence-electron chi connectivity index (χ4n) is 3.11. The molecule has 1 aromatic rings. The van der Waals surface area contributed by atoms with Gasteiger partial charge in [0.25, 0.3) is 0 Å². The van der Waals surface area contributed by atoms with Crippen molar-refractivity contribution in [3.63, 3.8) is 0 Å². The first-order chi connectivity index (χ1) is 14.9. The molecule has 1 rings (SSSR count). The van der Waals surface area contributed by atoms with E-state index < -0.39 is 48.2 Å². The molecule has 2 unspecified atom stereocenters. The van der Waals surface area contributed by atoms with E-state index in [9.17, 15) is 24.6 Å². The molecule has 0 spiro atoms. The molecule has 0 heterocycles. The largest absolute Gasteiger partial charge is 0.508 e. The maximum atomic E-state index is 13.4. The fraction of sp³-hybridized carbons (Fsp3) is 0.609. The zero-order valence-electron chi connectivity index (χ0n) is 19.8. The molecule has 2 atom stereocenters. The first kappa shape index (κ1) is 27.2. The van der Waals surface area contributed by atoms with Gasteiger partial charge in [0.2, 0.25) is 11.8 Å². The minimum absolute atomic E-state index is 0.0457. The number of carbonyl (C=O) groups excluding carboxylic acids is 3. The van der Waals surface area contributed by atoms with E-state index in [-0.39, 0.29) is 5.75 Å². The number of hydrogen-bond acceptors (Lipinski definition) is 6. The van der Waals surface area contributed by atoms with Crippen LogP contribution < -0.4 is 10.6 Å². The van der Waals surface area contributed by atoms with Crippen LogP contribution in [0.15, 0.2) is 24.3 Å². The molecule has 1 aromatic carbocycles. The van der Waals surface area contributed by atoms with Crippen molar-refractivity contribution < 1.29 is 29.3 Å². The van der Waals surface area contributed by atoms with Crippen LogP contribution in [0.5, 0.6) is 5.75 Å². The van der Waals surface area contributed by atoms with Gasteiger partial charge in [0.15, 0.2) is 0 Å². The SMILES string of the molecule is CCCCNC(=O)C(c1cccc(O)c1)N(C(=O)C(CO)NC(=O)OC(C)(C)C)C(C)C. The van der Waals surface area contributed by atoms with Gasteiger partial charge < -0.3 is 30.5 Å². The normalized spacial score (nSPS) is 13.2. The van der Waals surface area contributed by atoms with Crippen LogP contribution in [-0.2, 0) is 14.3 Å². The Labute approximate surface area is 190 Å². The van der Waals surface area contributed by atoms with E-state index >= 15 is 0 Å². The van der Waals surface area contributed by atoms with E-state index in [1.165, 1.54) is 17.0 Å². The van der Waals surface area contributed by atoms with E-state index in [2.05, 4.69) is 10.6 Å². The monoisotopic (exact) mass is 451 g/mol. The summed E-state index contributed by atoms with van der Waals surface area (Å²) in [4.78, 5) is 40.0. The van der Waals surface area contributed by atoms with E-state index in [4.69, 9.17) is 4.74 Å². The number of aliphatic hydroxyl groups excluding tert-OH is 1. The van der Waals surface area contributed by atoms with E-state index in [1.54, 1.807) is 46.8 Å². The first-order valence-electron chi connectivity index (χ1n) is 10.9. The van der Waals surface area contributed by atoms with Crippen LogP contribution in [0.25, 0.3) is 0 Å². The lowest BCUT2D eigenvalue weighted by molar-refractivity contribution is -0.145. The molecule has 180 valence electrons. The number of benzene rings is 1. The summed E-state index contributed by atoms with van der Waals surface area (Å²) in [6, 6.07) is 3.28. The van der Waals surface area contributed by atoms with Gasteiger partial charge in [-0.25, -0.2) is 4.79 Å². The molecule has 0 aliphatic rings. The quantitative estimate of drug-likeness (QED) is 0.405. The fourth-order valence-corrected chi connectivity index (χ4v) is 3.11. The van der Waals surface area contributed by atoms with E-state index in [0.29, 0.717) is 12.1 Å². The standard InChI is InChI=1S/C23H37N3O6/c1-7-8-12-24-20(29)19(16-10-9-11-17(28)13-16)26(15(2)3)21(30)18(14-27)25-22(31)32-23(4,5)6/h9-11,13,15,18-19,27-28H,7-8,12,14H2,1-6H3,(H,24,29)(H,25,31). The summed E-state index contributed by atoms with van der Waals surface area (Å²) in [5.74, 6) is -1.11. The molecule has 0 fully saturated rings. The van der Waals surface area contributed by atoms with Crippen molar-refractivity contribution in [1.29, 1.82) is 0 Å². The number of amides is 3. The molecular formula is C23H37N3O6. The third kappa shape index (κ3) is 8.37. The van der Waals surface area contributed by atoms with Crippen molar-refractivity contribution in [2.75, 3.05) is 13.2 Å². The van der Waals surface area contributed by atoms with Gasteiger partial charge >= 0.3 is 6.09 Å². The van der Waals surface area contributed by atoms with Gasteiger partial charge in [-0.05, 0) is 58.7 Å². The van der Waals surface area contributed by atoms with Crippen molar-refractivity contribution in [1.82, 2.24) is 15.5 Å². The number of nitrogens with zero attached hydrogens (tertiary/aromatic N) is 1. The molecule has 3 amide bonds. The Kier molecular flexibility index (Phi) is 10.5.